The Kier molecular flexibility index (Phi) is 8.75. The molecule has 0 radical (unpaired) electrons. The van der Waals surface area contributed by atoms with Crippen molar-refractivity contribution in [3.05, 3.63) is 30.1 Å². The quantitative estimate of drug-likeness (QED) is 0.412. The topological polar surface area (TPSA) is 126 Å². The number of anilines is 3. The predicted molar refractivity (Wildman–Crippen MR) is 134 cm³/mol. The van der Waals surface area contributed by atoms with Crippen LogP contribution in [0.5, 0.6) is 5.75 Å². The lowest BCUT2D eigenvalue weighted by Crippen LogP contribution is -2.27. The van der Waals surface area contributed by atoms with Gasteiger partial charge in [-0.05, 0) is 56.4 Å². The number of benzene rings is 1. The van der Waals surface area contributed by atoms with Gasteiger partial charge in [0, 0.05) is 24.3 Å². The summed E-state index contributed by atoms with van der Waals surface area (Å²) in [6, 6.07) is 5.69. The van der Waals surface area contributed by atoms with Gasteiger partial charge in [0.1, 0.15) is 11.6 Å². The molecule has 5 rings (SSSR count). The minimum Gasteiger partial charge on any atom is -0.406 e. The SMILES string of the molecule is Cl.Cl.Nc1nc(Nc2ccc(OC(F)(F)F)cc2)c2nc(C3CCC(N)CC3)n(C3CCOC3)c2n1. The number of imidazole rings is 1. The van der Waals surface area contributed by atoms with Gasteiger partial charge in [0.05, 0.1) is 12.6 Å². The van der Waals surface area contributed by atoms with E-state index < -0.39 is 6.36 Å². The Morgan fingerprint density at radius 2 is 1.69 bits per heavy atom. The van der Waals surface area contributed by atoms with Crippen molar-refractivity contribution in [3.8, 4) is 5.75 Å². The van der Waals surface area contributed by atoms with Crippen LogP contribution < -0.4 is 21.5 Å². The predicted octanol–water partition coefficient (Wildman–Crippen LogP) is 4.84. The summed E-state index contributed by atoms with van der Waals surface area (Å²) < 4.78 is 49.1. The normalized spacial score (nSPS) is 22.1. The maximum Gasteiger partial charge on any atom is 0.573 e. The van der Waals surface area contributed by atoms with E-state index in [2.05, 4.69) is 24.6 Å². The van der Waals surface area contributed by atoms with Crippen molar-refractivity contribution < 1.29 is 22.6 Å². The lowest BCUT2D eigenvalue weighted by Gasteiger charge is -2.27. The number of nitrogens with zero attached hydrogens (tertiary/aromatic N) is 4. The van der Waals surface area contributed by atoms with Crippen molar-refractivity contribution in [2.24, 2.45) is 5.73 Å². The number of rotatable bonds is 5. The number of nitrogens with one attached hydrogen (secondary N) is 1. The number of ether oxygens (including phenoxy) is 2. The van der Waals surface area contributed by atoms with Crippen molar-refractivity contribution in [1.82, 2.24) is 19.5 Å². The van der Waals surface area contributed by atoms with E-state index in [9.17, 15) is 13.2 Å². The molecule has 3 aromatic rings. The van der Waals surface area contributed by atoms with E-state index in [-0.39, 0.29) is 54.5 Å². The Labute approximate surface area is 218 Å². The molecule has 1 aliphatic heterocycles. The smallest absolute Gasteiger partial charge is 0.406 e. The average molecular weight is 550 g/mol. The molecule has 14 heteroatoms. The molecule has 1 atom stereocenters. The van der Waals surface area contributed by atoms with Gasteiger partial charge in [-0.2, -0.15) is 9.97 Å². The van der Waals surface area contributed by atoms with E-state index in [0.29, 0.717) is 35.9 Å². The molecule has 2 fully saturated rings. The lowest BCUT2D eigenvalue weighted by molar-refractivity contribution is -0.274. The van der Waals surface area contributed by atoms with Gasteiger partial charge >= 0.3 is 6.36 Å². The molecule has 2 aromatic heterocycles. The van der Waals surface area contributed by atoms with Crippen LogP contribution in [-0.2, 0) is 4.74 Å². The van der Waals surface area contributed by atoms with Gasteiger partial charge < -0.3 is 30.8 Å². The second-order valence-corrected chi connectivity index (χ2v) is 8.77. The summed E-state index contributed by atoms with van der Waals surface area (Å²) in [5.74, 6) is 1.31. The zero-order chi connectivity index (χ0) is 23.9. The average Bonchev–Trinajstić information content (AvgIpc) is 3.42. The zero-order valence-corrected chi connectivity index (χ0v) is 20.8. The Hall–Kier alpha value is -2.54. The Morgan fingerprint density at radius 1 is 1.00 bits per heavy atom. The fraction of sp³-hybridized carbons (Fsp3) is 0.500. The minimum absolute atomic E-state index is 0. The second kappa shape index (κ2) is 11.2. The van der Waals surface area contributed by atoms with Crippen LogP contribution in [-0.4, -0.2) is 45.1 Å². The maximum atomic E-state index is 12.5. The highest BCUT2D eigenvalue weighted by atomic mass is 35.5. The van der Waals surface area contributed by atoms with Crippen LogP contribution in [0, 0.1) is 0 Å². The fourth-order valence-corrected chi connectivity index (χ4v) is 4.72. The summed E-state index contributed by atoms with van der Waals surface area (Å²) in [6.45, 7) is 1.23. The van der Waals surface area contributed by atoms with E-state index in [1.54, 1.807) is 0 Å². The summed E-state index contributed by atoms with van der Waals surface area (Å²) in [5.41, 5.74) is 13.9. The van der Waals surface area contributed by atoms with Crippen molar-refractivity contribution in [2.45, 2.75) is 56.5 Å². The van der Waals surface area contributed by atoms with Crippen LogP contribution in [0.15, 0.2) is 24.3 Å². The van der Waals surface area contributed by atoms with Gasteiger partial charge in [0.15, 0.2) is 17.0 Å². The molecule has 1 unspecified atom stereocenters. The first-order valence-electron chi connectivity index (χ1n) is 11.3. The molecular formula is C22H28Cl2F3N7O2. The largest absolute Gasteiger partial charge is 0.573 e. The molecule has 0 spiro atoms. The van der Waals surface area contributed by atoms with Crippen LogP contribution in [0.4, 0.5) is 30.6 Å². The highest BCUT2D eigenvalue weighted by molar-refractivity contribution is 5.87. The van der Waals surface area contributed by atoms with Crippen molar-refractivity contribution in [1.29, 1.82) is 0 Å². The first-order valence-corrected chi connectivity index (χ1v) is 11.3. The number of halogens is 5. The second-order valence-electron chi connectivity index (χ2n) is 8.77. The van der Waals surface area contributed by atoms with Gasteiger partial charge in [0.25, 0.3) is 0 Å². The highest BCUT2D eigenvalue weighted by Gasteiger charge is 2.32. The van der Waals surface area contributed by atoms with Crippen molar-refractivity contribution >= 4 is 53.4 Å². The molecule has 3 heterocycles. The lowest BCUT2D eigenvalue weighted by atomic mass is 9.86. The Morgan fingerprint density at radius 3 is 2.31 bits per heavy atom. The Bertz CT molecular complexity index is 1160. The van der Waals surface area contributed by atoms with Crippen LogP contribution in [0.3, 0.4) is 0 Å². The molecule has 36 heavy (non-hydrogen) atoms. The fourth-order valence-electron chi connectivity index (χ4n) is 4.72. The van der Waals surface area contributed by atoms with Gasteiger partial charge in [-0.1, -0.05) is 0 Å². The van der Waals surface area contributed by atoms with E-state index in [1.165, 1.54) is 24.3 Å². The number of aromatic nitrogens is 4. The molecule has 0 bridgehead atoms. The van der Waals surface area contributed by atoms with E-state index in [4.69, 9.17) is 21.2 Å². The van der Waals surface area contributed by atoms with Gasteiger partial charge in [-0.25, -0.2) is 4.98 Å². The first-order chi connectivity index (χ1) is 16.3. The third kappa shape index (κ3) is 6.05. The minimum atomic E-state index is -4.75. The molecule has 9 nitrogen and oxygen atoms in total. The number of hydrogen-bond acceptors (Lipinski definition) is 8. The molecule has 1 saturated carbocycles. The molecule has 1 aromatic carbocycles. The molecule has 0 amide bonds. The van der Waals surface area contributed by atoms with Gasteiger partial charge in [-0.3, -0.25) is 0 Å². The summed E-state index contributed by atoms with van der Waals surface area (Å²) in [5, 5.41) is 3.12. The van der Waals surface area contributed by atoms with E-state index >= 15 is 0 Å². The third-order valence-corrected chi connectivity index (χ3v) is 6.34. The molecule has 198 valence electrons. The number of nitrogen functional groups attached to an aromatic ring is 1. The van der Waals surface area contributed by atoms with Crippen LogP contribution in [0.2, 0.25) is 0 Å². The zero-order valence-electron chi connectivity index (χ0n) is 19.2. The highest BCUT2D eigenvalue weighted by Crippen LogP contribution is 2.38. The molecule has 1 aliphatic carbocycles. The van der Waals surface area contributed by atoms with E-state index in [1.807, 2.05) is 0 Å². The molecule has 5 N–H and O–H groups in total. The van der Waals surface area contributed by atoms with E-state index in [0.717, 1.165) is 37.9 Å². The standard InChI is InChI=1S/C22H26F3N7O2.2ClH/c23-22(24,25)34-16-7-5-14(6-8-16)28-18-17-20(31-21(27)30-18)32(15-9-10-33-11-15)19(29-17)12-1-3-13(26)4-2-12;;/h5-8,12-13,15H,1-4,9-11,26H2,(H3,27,28,30,31);2*1H. The van der Waals surface area contributed by atoms with Crippen LogP contribution in [0.25, 0.3) is 11.2 Å². The molecule has 2 aliphatic rings. The van der Waals surface area contributed by atoms with Crippen molar-refractivity contribution in [3.63, 3.8) is 0 Å². The number of nitrogens with two attached hydrogens (primary N) is 2. The van der Waals surface area contributed by atoms with Gasteiger partial charge in [-0.15, -0.1) is 38.0 Å². The number of hydrogen-bond donors (Lipinski definition) is 3. The van der Waals surface area contributed by atoms with Gasteiger partial charge in [0.2, 0.25) is 5.95 Å². The number of fused-ring (bicyclic) bond motifs is 1. The van der Waals surface area contributed by atoms with Crippen molar-refractivity contribution in [2.75, 3.05) is 24.3 Å². The number of alkyl halides is 3. The monoisotopic (exact) mass is 549 g/mol. The van der Waals surface area contributed by atoms with Crippen LogP contribution in [0.1, 0.15) is 49.9 Å². The van der Waals surface area contributed by atoms with Crippen LogP contribution >= 0.6 is 24.8 Å². The summed E-state index contributed by atoms with van der Waals surface area (Å²) in [4.78, 5) is 13.8. The first kappa shape index (κ1) is 28.0. The third-order valence-electron chi connectivity index (χ3n) is 6.34. The Balaban J connectivity index is 0.00000180. The maximum absolute atomic E-state index is 12.5. The molecule has 1 saturated heterocycles. The summed E-state index contributed by atoms with van der Waals surface area (Å²) in [7, 11) is 0. The molecular weight excluding hydrogens is 522 g/mol. The summed E-state index contributed by atoms with van der Waals surface area (Å²) >= 11 is 0. The summed E-state index contributed by atoms with van der Waals surface area (Å²) in [6.07, 6.45) is -0.175.